The van der Waals surface area contributed by atoms with E-state index in [0.717, 1.165) is 11.1 Å². The lowest BCUT2D eigenvalue weighted by atomic mass is 10.1. The van der Waals surface area contributed by atoms with Gasteiger partial charge in [-0.05, 0) is 23.6 Å². The van der Waals surface area contributed by atoms with Crippen molar-refractivity contribution in [3.05, 3.63) is 66.0 Å². The minimum Gasteiger partial charge on any atom is -0.469 e. The Balaban J connectivity index is 1.97. The number of methoxy groups -OCH3 is 1. The number of nitrogens with zero attached hydrogens (tertiary/aromatic N) is 2. The van der Waals surface area contributed by atoms with E-state index < -0.39 is 0 Å². The number of hydrogen-bond acceptors (Lipinski definition) is 4. The van der Waals surface area contributed by atoms with Gasteiger partial charge < -0.3 is 9.64 Å². The van der Waals surface area contributed by atoms with Crippen LogP contribution >= 0.6 is 0 Å². The van der Waals surface area contributed by atoms with Crippen molar-refractivity contribution in [2.45, 2.75) is 25.8 Å². The third kappa shape index (κ3) is 5.83. The number of carbonyl (C=O) groups is 2. The molecule has 0 atom stereocenters. The Morgan fingerprint density at radius 3 is 2.46 bits per heavy atom. The number of aromatic nitrogens is 1. The minimum atomic E-state index is -0.318. The molecule has 2 aromatic rings. The lowest BCUT2D eigenvalue weighted by molar-refractivity contribution is -0.141. The van der Waals surface area contributed by atoms with Crippen molar-refractivity contribution in [3.63, 3.8) is 0 Å². The van der Waals surface area contributed by atoms with Crippen LogP contribution in [0.15, 0.2) is 54.9 Å². The Bertz CT molecular complexity index is 644. The van der Waals surface area contributed by atoms with Gasteiger partial charge in [-0.15, -0.1) is 0 Å². The first kappa shape index (κ1) is 17.7. The highest BCUT2D eigenvalue weighted by atomic mass is 16.5. The summed E-state index contributed by atoms with van der Waals surface area (Å²) < 4.78 is 4.67. The van der Waals surface area contributed by atoms with E-state index in [4.69, 9.17) is 0 Å². The monoisotopic (exact) mass is 326 g/mol. The molecule has 24 heavy (non-hydrogen) atoms. The average molecular weight is 326 g/mol. The fourth-order valence-electron chi connectivity index (χ4n) is 2.39. The van der Waals surface area contributed by atoms with Crippen LogP contribution in [0, 0.1) is 0 Å². The molecule has 1 heterocycles. The normalized spacial score (nSPS) is 10.2. The molecule has 0 fully saturated rings. The number of esters is 1. The molecule has 2 rings (SSSR count). The van der Waals surface area contributed by atoms with Gasteiger partial charge in [0, 0.05) is 31.9 Å². The van der Waals surface area contributed by atoms with Crippen LogP contribution in [0.1, 0.15) is 24.0 Å². The third-order valence-electron chi connectivity index (χ3n) is 3.73. The van der Waals surface area contributed by atoms with Crippen molar-refractivity contribution in [2.75, 3.05) is 13.7 Å². The van der Waals surface area contributed by atoms with E-state index in [-0.39, 0.29) is 18.3 Å². The maximum Gasteiger partial charge on any atom is 0.307 e. The number of aryl methyl sites for hydroxylation is 1. The Morgan fingerprint density at radius 2 is 1.79 bits per heavy atom. The van der Waals surface area contributed by atoms with Crippen LogP contribution < -0.4 is 0 Å². The number of amides is 1. The molecule has 126 valence electrons. The highest BCUT2D eigenvalue weighted by Gasteiger charge is 2.16. The maximum absolute atomic E-state index is 12.6. The molecule has 0 radical (unpaired) electrons. The number of ether oxygens (including phenoxy) is 1. The highest BCUT2D eigenvalue weighted by molar-refractivity contribution is 5.77. The Morgan fingerprint density at radius 1 is 1.04 bits per heavy atom. The molecule has 1 amide bonds. The number of rotatable bonds is 8. The predicted molar refractivity (Wildman–Crippen MR) is 91.1 cm³/mol. The maximum atomic E-state index is 12.6. The van der Waals surface area contributed by atoms with E-state index in [1.165, 1.54) is 7.11 Å². The summed E-state index contributed by atoms with van der Waals surface area (Å²) in [7, 11) is 1.35. The Kier molecular flexibility index (Phi) is 6.95. The molecular formula is C19H22N2O3. The third-order valence-corrected chi connectivity index (χ3v) is 3.73. The largest absolute Gasteiger partial charge is 0.469 e. The smallest absolute Gasteiger partial charge is 0.307 e. The lowest BCUT2D eigenvalue weighted by Gasteiger charge is -2.22. The van der Waals surface area contributed by atoms with Crippen molar-refractivity contribution < 1.29 is 14.3 Å². The molecule has 0 spiro atoms. The first-order valence-electron chi connectivity index (χ1n) is 7.96. The van der Waals surface area contributed by atoms with Gasteiger partial charge in [0.25, 0.3) is 0 Å². The molecule has 1 aromatic carbocycles. The minimum absolute atomic E-state index is 0.0200. The molecular weight excluding hydrogens is 304 g/mol. The van der Waals surface area contributed by atoms with Crippen molar-refractivity contribution in [2.24, 2.45) is 0 Å². The summed E-state index contributed by atoms with van der Waals surface area (Å²) in [5.74, 6) is -0.298. The Hall–Kier alpha value is -2.69. The molecule has 5 heteroatoms. The molecule has 0 aliphatic rings. The lowest BCUT2D eigenvalue weighted by Crippen LogP contribution is -2.33. The zero-order valence-electron chi connectivity index (χ0n) is 13.9. The quantitative estimate of drug-likeness (QED) is 0.700. The van der Waals surface area contributed by atoms with Crippen molar-refractivity contribution in [3.8, 4) is 0 Å². The van der Waals surface area contributed by atoms with Crippen LogP contribution in [0.4, 0.5) is 0 Å². The molecule has 0 saturated carbocycles. The molecule has 5 nitrogen and oxygen atoms in total. The fourth-order valence-corrected chi connectivity index (χ4v) is 2.39. The highest BCUT2D eigenvalue weighted by Crippen LogP contribution is 2.09. The van der Waals surface area contributed by atoms with E-state index in [2.05, 4.69) is 9.72 Å². The fraction of sp³-hybridized carbons (Fsp3) is 0.316. The number of benzene rings is 1. The second-order valence-corrected chi connectivity index (χ2v) is 5.49. The zero-order valence-corrected chi connectivity index (χ0v) is 13.9. The van der Waals surface area contributed by atoms with E-state index in [0.29, 0.717) is 25.9 Å². The summed E-state index contributed by atoms with van der Waals surface area (Å²) >= 11 is 0. The summed E-state index contributed by atoms with van der Waals surface area (Å²) in [5, 5.41) is 0. The SMILES string of the molecule is COC(=O)CCN(Cc1cccnc1)C(=O)CCc1ccccc1. The summed E-state index contributed by atoms with van der Waals surface area (Å²) in [6, 6.07) is 13.6. The summed E-state index contributed by atoms with van der Waals surface area (Å²) in [4.78, 5) is 29.7. The predicted octanol–water partition coefficient (Wildman–Crippen LogP) is 2.61. The van der Waals surface area contributed by atoms with Crippen molar-refractivity contribution in [1.29, 1.82) is 0 Å². The van der Waals surface area contributed by atoms with Crippen LogP contribution in [-0.4, -0.2) is 35.4 Å². The zero-order chi connectivity index (χ0) is 17.2. The van der Waals surface area contributed by atoms with Crippen molar-refractivity contribution >= 4 is 11.9 Å². The van der Waals surface area contributed by atoms with Crippen LogP contribution in [0.25, 0.3) is 0 Å². The van der Waals surface area contributed by atoms with Crippen LogP contribution in [0.5, 0.6) is 0 Å². The molecule has 1 aromatic heterocycles. The van der Waals surface area contributed by atoms with E-state index >= 15 is 0 Å². The summed E-state index contributed by atoms with van der Waals surface area (Å²) in [5.41, 5.74) is 2.07. The average Bonchev–Trinajstić information content (AvgIpc) is 2.64. The molecule has 0 bridgehead atoms. The van der Waals surface area contributed by atoms with E-state index in [1.54, 1.807) is 17.3 Å². The van der Waals surface area contributed by atoms with Gasteiger partial charge in [-0.1, -0.05) is 36.4 Å². The van der Waals surface area contributed by atoms with Crippen LogP contribution in [-0.2, 0) is 27.3 Å². The van der Waals surface area contributed by atoms with Gasteiger partial charge in [-0.25, -0.2) is 0 Å². The molecule has 0 unspecified atom stereocenters. The Labute approximate surface area is 142 Å². The first-order valence-corrected chi connectivity index (χ1v) is 7.96. The number of pyridine rings is 1. The van der Waals surface area contributed by atoms with Gasteiger partial charge in [0.15, 0.2) is 0 Å². The van der Waals surface area contributed by atoms with Crippen molar-refractivity contribution in [1.82, 2.24) is 9.88 Å². The van der Waals surface area contributed by atoms with Gasteiger partial charge in [0.2, 0.25) is 5.91 Å². The van der Waals surface area contributed by atoms with E-state index in [1.807, 2.05) is 42.5 Å². The van der Waals surface area contributed by atoms with Gasteiger partial charge in [0.05, 0.1) is 13.5 Å². The van der Waals surface area contributed by atoms with Gasteiger partial charge in [-0.3, -0.25) is 14.6 Å². The second-order valence-electron chi connectivity index (χ2n) is 5.49. The van der Waals surface area contributed by atoms with Gasteiger partial charge in [-0.2, -0.15) is 0 Å². The van der Waals surface area contributed by atoms with Gasteiger partial charge >= 0.3 is 5.97 Å². The molecule has 0 saturated heterocycles. The first-order chi connectivity index (χ1) is 11.7. The van der Waals surface area contributed by atoms with E-state index in [9.17, 15) is 9.59 Å². The molecule has 0 aliphatic heterocycles. The number of carbonyl (C=O) groups excluding carboxylic acids is 2. The topological polar surface area (TPSA) is 59.5 Å². The summed E-state index contributed by atoms with van der Waals surface area (Å²) in [6.45, 7) is 0.785. The van der Waals surface area contributed by atoms with Crippen LogP contribution in [0.3, 0.4) is 0 Å². The molecule has 0 aliphatic carbocycles. The molecule has 0 N–H and O–H groups in total. The second kappa shape index (κ2) is 9.45. The number of hydrogen-bond donors (Lipinski definition) is 0. The summed E-state index contributed by atoms with van der Waals surface area (Å²) in [6.07, 6.45) is 4.70. The van der Waals surface area contributed by atoms with Gasteiger partial charge in [0.1, 0.15) is 0 Å². The van der Waals surface area contributed by atoms with Crippen LogP contribution in [0.2, 0.25) is 0 Å². The standard InChI is InChI=1S/C19H22N2O3/c1-24-19(23)11-13-21(15-17-8-5-12-20-14-17)18(22)10-9-16-6-3-2-4-7-16/h2-8,12,14H,9-11,13,15H2,1H3.